The molecule has 41 heavy (non-hydrogen) atoms. The standard InChI is InChI=1S/C37H24N2OS/c1-2-8-23(9-3-1)25-16-19-29-34(22-25)40-33-21-20-30-36(35(29)33)41-37(38-30)24-14-17-26(18-15-24)39-31-12-6-4-10-27(31)28-11-5-7-13-32(28)39/h1-22,37-38H. The third-order valence-electron chi connectivity index (χ3n) is 8.25. The highest BCUT2D eigenvalue weighted by atomic mass is 32.2. The summed E-state index contributed by atoms with van der Waals surface area (Å²) in [6, 6.07) is 47.6. The van der Waals surface area contributed by atoms with Gasteiger partial charge in [0.25, 0.3) is 0 Å². The number of rotatable bonds is 3. The van der Waals surface area contributed by atoms with Crippen molar-refractivity contribution in [2.75, 3.05) is 5.32 Å². The number of furan rings is 1. The van der Waals surface area contributed by atoms with Gasteiger partial charge in [0.05, 0.1) is 11.0 Å². The highest BCUT2D eigenvalue weighted by Crippen LogP contribution is 2.52. The summed E-state index contributed by atoms with van der Waals surface area (Å²) in [6.07, 6.45) is 0. The number of anilines is 1. The Hall–Kier alpha value is -4.93. The first-order valence-corrected chi connectivity index (χ1v) is 14.8. The maximum absolute atomic E-state index is 6.36. The van der Waals surface area contributed by atoms with E-state index in [-0.39, 0.29) is 5.37 Å². The van der Waals surface area contributed by atoms with Crippen LogP contribution in [0.3, 0.4) is 0 Å². The third-order valence-corrected chi connectivity index (χ3v) is 9.54. The average Bonchev–Trinajstić information content (AvgIpc) is 3.73. The Labute approximate surface area is 241 Å². The normalized spacial score (nSPS) is 14.7. The van der Waals surface area contributed by atoms with Crippen LogP contribution >= 0.6 is 11.8 Å². The van der Waals surface area contributed by atoms with Crippen LogP contribution in [0, 0.1) is 0 Å². The van der Waals surface area contributed by atoms with E-state index in [4.69, 9.17) is 4.42 Å². The van der Waals surface area contributed by atoms with Gasteiger partial charge in [0.15, 0.2) is 0 Å². The van der Waals surface area contributed by atoms with Crippen molar-refractivity contribution in [1.29, 1.82) is 0 Å². The van der Waals surface area contributed by atoms with Crippen LogP contribution in [0.25, 0.3) is 60.6 Å². The fourth-order valence-electron chi connectivity index (χ4n) is 6.32. The van der Waals surface area contributed by atoms with Gasteiger partial charge in [-0.3, -0.25) is 0 Å². The number of benzene rings is 6. The molecule has 3 heterocycles. The van der Waals surface area contributed by atoms with Crippen molar-refractivity contribution in [3.8, 4) is 16.8 Å². The quantitative estimate of drug-likeness (QED) is 0.240. The van der Waals surface area contributed by atoms with Crippen LogP contribution in [-0.4, -0.2) is 4.57 Å². The fraction of sp³-hybridized carbons (Fsp3) is 0.0270. The minimum absolute atomic E-state index is 0.136. The molecule has 0 saturated heterocycles. The SMILES string of the molecule is c1ccc(-c2ccc3c(c2)oc2ccc4c(c23)SC(c2ccc(-n3c5ccccc5c5ccccc53)cc2)N4)cc1. The van der Waals surface area contributed by atoms with Crippen molar-refractivity contribution >= 4 is 61.2 Å². The minimum atomic E-state index is 0.136. The summed E-state index contributed by atoms with van der Waals surface area (Å²) in [7, 11) is 0. The number of hydrogen-bond donors (Lipinski definition) is 1. The fourth-order valence-corrected chi connectivity index (χ4v) is 7.62. The number of hydrogen-bond acceptors (Lipinski definition) is 3. The van der Waals surface area contributed by atoms with Gasteiger partial charge in [0.1, 0.15) is 16.5 Å². The van der Waals surface area contributed by atoms with Crippen LogP contribution in [0.15, 0.2) is 143 Å². The van der Waals surface area contributed by atoms with Gasteiger partial charge in [-0.2, -0.15) is 0 Å². The maximum atomic E-state index is 6.36. The molecule has 3 nitrogen and oxygen atoms in total. The van der Waals surface area contributed by atoms with Crippen molar-refractivity contribution in [3.05, 3.63) is 139 Å². The van der Waals surface area contributed by atoms with Gasteiger partial charge < -0.3 is 14.3 Å². The van der Waals surface area contributed by atoms with Crippen molar-refractivity contribution in [1.82, 2.24) is 4.57 Å². The molecule has 9 rings (SSSR count). The molecule has 6 aromatic carbocycles. The third kappa shape index (κ3) is 3.47. The van der Waals surface area contributed by atoms with Crippen molar-refractivity contribution in [3.63, 3.8) is 0 Å². The minimum Gasteiger partial charge on any atom is -0.456 e. The van der Waals surface area contributed by atoms with Crippen LogP contribution in [0.2, 0.25) is 0 Å². The lowest BCUT2D eigenvalue weighted by Crippen LogP contribution is -2.01. The summed E-state index contributed by atoms with van der Waals surface area (Å²) in [5.41, 5.74) is 10.3. The van der Waals surface area contributed by atoms with E-state index in [9.17, 15) is 0 Å². The van der Waals surface area contributed by atoms with Gasteiger partial charge in [-0.25, -0.2) is 0 Å². The highest BCUT2D eigenvalue weighted by molar-refractivity contribution is 8.00. The Balaban J connectivity index is 1.08. The molecule has 2 aromatic heterocycles. The van der Waals surface area contributed by atoms with Crippen LogP contribution in [0.1, 0.15) is 10.9 Å². The van der Waals surface area contributed by atoms with E-state index in [1.165, 1.54) is 54.5 Å². The lowest BCUT2D eigenvalue weighted by atomic mass is 10.0. The molecule has 4 heteroatoms. The molecule has 0 fully saturated rings. The van der Waals surface area contributed by atoms with Gasteiger partial charge in [-0.05, 0) is 65.2 Å². The Bertz CT molecular complexity index is 2210. The van der Waals surface area contributed by atoms with E-state index < -0.39 is 0 Å². The van der Waals surface area contributed by atoms with Gasteiger partial charge in [0.2, 0.25) is 0 Å². The number of nitrogens with one attached hydrogen (secondary N) is 1. The summed E-state index contributed by atoms with van der Waals surface area (Å²) in [4.78, 5) is 1.25. The van der Waals surface area contributed by atoms with Crippen LogP contribution in [0.4, 0.5) is 5.69 Å². The Morgan fingerprint density at radius 2 is 1.29 bits per heavy atom. The summed E-state index contributed by atoms with van der Waals surface area (Å²) in [6.45, 7) is 0. The largest absolute Gasteiger partial charge is 0.456 e. The molecular weight excluding hydrogens is 520 g/mol. The van der Waals surface area contributed by atoms with E-state index in [0.29, 0.717) is 0 Å². The molecule has 194 valence electrons. The molecule has 0 saturated carbocycles. The van der Waals surface area contributed by atoms with Crippen molar-refractivity contribution in [2.24, 2.45) is 0 Å². The van der Waals surface area contributed by atoms with Gasteiger partial charge in [-0.1, -0.05) is 96.7 Å². The lowest BCUT2D eigenvalue weighted by molar-refractivity contribution is 0.668. The molecule has 0 bridgehead atoms. The van der Waals surface area contributed by atoms with Crippen molar-refractivity contribution in [2.45, 2.75) is 10.3 Å². The van der Waals surface area contributed by atoms with Gasteiger partial charge >= 0.3 is 0 Å². The summed E-state index contributed by atoms with van der Waals surface area (Å²) in [5, 5.41) is 8.81. The molecule has 0 spiro atoms. The monoisotopic (exact) mass is 544 g/mol. The first-order chi connectivity index (χ1) is 20.3. The smallest absolute Gasteiger partial charge is 0.136 e. The molecule has 0 aliphatic carbocycles. The molecule has 0 amide bonds. The molecule has 1 aliphatic heterocycles. The zero-order chi connectivity index (χ0) is 26.9. The average molecular weight is 545 g/mol. The van der Waals surface area contributed by atoms with E-state index >= 15 is 0 Å². The van der Waals surface area contributed by atoms with Crippen LogP contribution in [-0.2, 0) is 0 Å². The Morgan fingerprint density at radius 3 is 2.05 bits per heavy atom. The van der Waals surface area contributed by atoms with Gasteiger partial charge in [0, 0.05) is 37.8 Å². The zero-order valence-electron chi connectivity index (χ0n) is 22.0. The summed E-state index contributed by atoms with van der Waals surface area (Å²) >= 11 is 1.87. The van der Waals surface area contributed by atoms with Crippen molar-refractivity contribution < 1.29 is 4.42 Å². The number of thioether (sulfide) groups is 1. The maximum Gasteiger partial charge on any atom is 0.136 e. The number of para-hydroxylation sites is 2. The number of aromatic nitrogens is 1. The predicted octanol–water partition coefficient (Wildman–Crippen LogP) is 10.6. The lowest BCUT2D eigenvalue weighted by Gasteiger charge is -2.13. The second-order valence-corrected chi connectivity index (χ2v) is 11.7. The zero-order valence-corrected chi connectivity index (χ0v) is 22.9. The number of nitrogens with zero attached hydrogens (tertiary/aromatic N) is 1. The predicted molar refractivity (Wildman–Crippen MR) is 172 cm³/mol. The Kier molecular flexibility index (Phi) is 4.89. The molecule has 0 radical (unpaired) electrons. The second-order valence-electron chi connectivity index (χ2n) is 10.6. The molecule has 1 unspecified atom stereocenters. The Morgan fingerprint density at radius 1 is 0.585 bits per heavy atom. The molecular formula is C37H24N2OS. The summed E-state index contributed by atoms with van der Waals surface area (Å²) in [5.74, 6) is 0. The first-order valence-electron chi connectivity index (χ1n) is 13.9. The van der Waals surface area contributed by atoms with E-state index in [0.717, 1.165) is 22.2 Å². The van der Waals surface area contributed by atoms with Crippen LogP contribution in [0.5, 0.6) is 0 Å². The molecule has 8 aromatic rings. The molecule has 1 atom stereocenters. The number of fused-ring (bicyclic) bond motifs is 8. The second kappa shape index (κ2) is 8.79. The topological polar surface area (TPSA) is 30.1 Å². The molecule has 1 aliphatic rings. The first kappa shape index (κ1) is 22.8. The summed E-state index contributed by atoms with van der Waals surface area (Å²) < 4.78 is 8.73. The highest BCUT2D eigenvalue weighted by Gasteiger charge is 2.27. The molecule has 1 N–H and O–H groups in total. The van der Waals surface area contributed by atoms with E-state index in [2.05, 4.69) is 137 Å². The van der Waals surface area contributed by atoms with E-state index in [1.54, 1.807) is 0 Å². The van der Waals surface area contributed by atoms with Gasteiger partial charge in [-0.15, -0.1) is 0 Å². The van der Waals surface area contributed by atoms with E-state index in [1.807, 2.05) is 17.8 Å². The van der Waals surface area contributed by atoms with Crippen LogP contribution < -0.4 is 5.32 Å².